The molecule has 1 aromatic heterocycles. The van der Waals surface area contributed by atoms with E-state index in [-0.39, 0.29) is 12.4 Å². The first-order chi connectivity index (χ1) is 7.84. The Bertz CT molecular complexity index is 331. The fraction of sp³-hybridized carbons (Fsp3) is 0.538. The molecule has 2 rings (SSSR count). The molecule has 0 atom stereocenters. The zero-order valence-corrected chi connectivity index (χ0v) is 9.39. The van der Waals surface area contributed by atoms with Crippen LogP contribution < -0.4 is 0 Å². The van der Waals surface area contributed by atoms with E-state index in [2.05, 4.69) is 4.98 Å². The van der Waals surface area contributed by atoms with Gasteiger partial charge in [0, 0.05) is 6.20 Å². The summed E-state index contributed by atoms with van der Waals surface area (Å²) in [6.45, 7) is 0.589. The summed E-state index contributed by atoms with van der Waals surface area (Å²) < 4.78 is 5.25. The predicted octanol–water partition coefficient (Wildman–Crippen LogP) is 2.36. The number of hydrogen-bond donors (Lipinski definition) is 0. The molecule has 0 unspecified atom stereocenters. The van der Waals surface area contributed by atoms with Crippen molar-refractivity contribution in [2.45, 2.75) is 32.1 Å². The van der Waals surface area contributed by atoms with Crippen LogP contribution in [0.4, 0.5) is 0 Å². The Labute approximate surface area is 95.8 Å². The molecule has 1 aromatic rings. The van der Waals surface area contributed by atoms with Gasteiger partial charge in [-0.25, -0.2) is 0 Å². The molecule has 1 saturated carbocycles. The number of carbonyl (C=O) groups is 1. The second kappa shape index (κ2) is 5.64. The first-order valence-electron chi connectivity index (χ1n) is 5.90. The summed E-state index contributed by atoms with van der Waals surface area (Å²) in [7, 11) is 0. The highest BCUT2D eigenvalue weighted by atomic mass is 16.5. The lowest BCUT2D eigenvalue weighted by molar-refractivity contribution is -0.144. The molecule has 16 heavy (non-hydrogen) atoms. The molecule has 1 aliphatic carbocycles. The molecule has 3 nitrogen and oxygen atoms in total. The van der Waals surface area contributed by atoms with Crippen LogP contribution in [0, 0.1) is 5.92 Å². The van der Waals surface area contributed by atoms with Crippen molar-refractivity contribution in [1.82, 2.24) is 4.98 Å². The highest BCUT2D eigenvalue weighted by molar-refractivity contribution is 5.71. The quantitative estimate of drug-likeness (QED) is 0.730. The van der Waals surface area contributed by atoms with E-state index >= 15 is 0 Å². The number of hydrogen-bond acceptors (Lipinski definition) is 3. The van der Waals surface area contributed by atoms with Crippen molar-refractivity contribution in [1.29, 1.82) is 0 Å². The lowest BCUT2D eigenvalue weighted by Crippen LogP contribution is -2.14. The third-order valence-electron chi connectivity index (χ3n) is 3.01. The SMILES string of the molecule is O=C(Cc1ccccn1)OCC1CCCC1. The van der Waals surface area contributed by atoms with Crippen LogP contribution in [0.3, 0.4) is 0 Å². The monoisotopic (exact) mass is 219 g/mol. The Morgan fingerprint density at radius 3 is 2.88 bits per heavy atom. The van der Waals surface area contributed by atoms with Crippen LogP contribution in [0.2, 0.25) is 0 Å². The van der Waals surface area contributed by atoms with Gasteiger partial charge in [0.1, 0.15) is 0 Å². The van der Waals surface area contributed by atoms with E-state index in [4.69, 9.17) is 4.74 Å². The van der Waals surface area contributed by atoms with Crippen molar-refractivity contribution in [3.63, 3.8) is 0 Å². The first-order valence-corrected chi connectivity index (χ1v) is 5.90. The molecule has 0 spiro atoms. The molecule has 86 valence electrons. The molecule has 0 N–H and O–H groups in total. The summed E-state index contributed by atoms with van der Waals surface area (Å²) in [5, 5.41) is 0. The Balaban J connectivity index is 1.72. The molecule has 0 radical (unpaired) electrons. The number of aromatic nitrogens is 1. The largest absolute Gasteiger partial charge is 0.465 e. The predicted molar refractivity (Wildman–Crippen MR) is 60.9 cm³/mol. The van der Waals surface area contributed by atoms with Crippen molar-refractivity contribution in [3.05, 3.63) is 30.1 Å². The number of esters is 1. The Hall–Kier alpha value is -1.38. The Morgan fingerprint density at radius 1 is 1.38 bits per heavy atom. The maximum Gasteiger partial charge on any atom is 0.311 e. The number of rotatable bonds is 4. The summed E-state index contributed by atoms with van der Waals surface area (Å²) in [4.78, 5) is 15.6. The van der Waals surface area contributed by atoms with Gasteiger partial charge in [0.2, 0.25) is 0 Å². The zero-order valence-electron chi connectivity index (χ0n) is 9.39. The molecule has 1 aliphatic rings. The average molecular weight is 219 g/mol. The van der Waals surface area contributed by atoms with E-state index in [1.807, 2.05) is 18.2 Å². The third-order valence-corrected chi connectivity index (χ3v) is 3.01. The molecule has 1 heterocycles. The van der Waals surface area contributed by atoms with E-state index in [1.54, 1.807) is 6.20 Å². The molecule has 0 saturated heterocycles. The van der Waals surface area contributed by atoms with Gasteiger partial charge in [0.15, 0.2) is 0 Å². The van der Waals surface area contributed by atoms with Crippen LogP contribution in [0.25, 0.3) is 0 Å². The van der Waals surface area contributed by atoms with E-state index in [0.717, 1.165) is 5.69 Å². The number of carbonyl (C=O) groups excluding carboxylic acids is 1. The minimum absolute atomic E-state index is 0.161. The van der Waals surface area contributed by atoms with Crippen LogP contribution in [-0.4, -0.2) is 17.6 Å². The summed E-state index contributed by atoms with van der Waals surface area (Å²) in [6.07, 6.45) is 6.95. The summed E-state index contributed by atoms with van der Waals surface area (Å²) in [5.74, 6) is 0.429. The molecule has 3 heteroatoms. The van der Waals surface area contributed by atoms with Crippen molar-refractivity contribution in [3.8, 4) is 0 Å². The molecule has 1 fully saturated rings. The van der Waals surface area contributed by atoms with Gasteiger partial charge in [-0.2, -0.15) is 0 Å². The minimum Gasteiger partial charge on any atom is -0.465 e. The minimum atomic E-state index is -0.161. The first kappa shape index (κ1) is 11.1. The van der Waals surface area contributed by atoms with Crippen LogP contribution in [0.1, 0.15) is 31.4 Å². The van der Waals surface area contributed by atoms with Crippen molar-refractivity contribution >= 4 is 5.97 Å². The number of ether oxygens (including phenoxy) is 1. The van der Waals surface area contributed by atoms with Gasteiger partial charge >= 0.3 is 5.97 Å². The van der Waals surface area contributed by atoms with Crippen LogP contribution >= 0.6 is 0 Å². The van der Waals surface area contributed by atoms with Crippen molar-refractivity contribution in [2.75, 3.05) is 6.61 Å². The molecule has 0 aliphatic heterocycles. The number of nitrogens with zero attached hydrogens (tertiary/aromatic N) is 1. The van der Waals surface area contributed by atoms with E-state index in [0.29, 0.717) is 12.5 Å². The van der Waals surface area contributed by atoms with Gasteiger partial charge in [0.25, 0.3) is 0 Å². The fourth-order valence-corrected chi connectivity index (χ4v) is 2.09. The summed E-state index contributed by atoms with van der Waals surface area (Å²) >= 11 is 0. The van der Waals surface area contributed by atoms with Gasteiger partial charge in [-0.3, -0.25) is 9.78 Å². The van der Waals surface area contributed by atoms with E-state index in [1.165, 1.54) is 25.7 Å². The van der Waals surface area contributed by atoms with Gasteiger partial charge in [-0.15, -0.1) is 0 Å². The Morgan fingerprint density at radius 2 is 2.19 bits per heavy atom. The van der Waals surface area contributed by atoms with Gasteiger partial charge in [0.05, 0.1) is 18.7 Å². The molecule has 0 aromatic carbocycles. The topological polar surface area (TPSA) is 39.2 Å². The molecular formula is C13H17NO2. The van der Waals surface area contributed by atoms with Crippen LogP contribution in [0.5, 0.6) is 0 Å². The average Bonchev–Trinajstić information content (AvgIpc) is 2.81. The highest BCUT2D eigenvalue weighted by Gasteiger charge is 2.17. The van der Waals surface area contributed by atoms with Crippen LogP contribution in [0.15, 0.2) is 24.4 Å². The fourth-order valence-electron chi connectivity index (χ4n) is 2.09. The maximum absolute atomic E-state index is 11.5. The number of pyridine rings is 1. The smallest absolute Gasteiger partial charge is 0.311 e. The molecule has 0 amide bonds. The highest BCUT2D eigenvalue weighted by Crippen LogP contribution is 2.24. The second-order valence-corrected chi connectivity index (χ2v) is 4.33. The van der Waals surface area contributed by atoms with E-state index in [9.17, 15) is 4.79 Å². The summed E-state index contributed by atoms with van der Waals surface area (Å²) in [6, 6.07) is 5.57. The van der Waals surface area contributed by atoms with Gasteiger partial charge in [-0.05, 0) is 30.9 Å². The molecule has 0 bridgehead atoms. The Kier molecular flexibility index (Phi) is 3.91. The zero-order chi connectivity index (χ0) is 11.2. The second-order valence-electron chi connectivity index (χ2n) is 4.33. The van der Waals surface area contributed by atoms with Crippen LogP contribution in [-0.2, 0) is 16.0 Å². The third kappa shape index (κ3) is 3.33. The molecular weight excluding hydrogens is 202 g/mol. The maximum atomic E-state index is 11.5. The normalized spacial score (nSPS) is 16.2. The van der Waals surface area contributed by atoms with Crippen molar-refractivity contribution < 1.29 is 9.53 Å². The van der Waals surface area contributed by atoms with Gasteiger partial charge in [-0.1, -0.05) is 18.9 Å². The standard InChI is InChI=1S/C13H17NO2/c15-13(9-12-7-3-4-8-14-12)16-10-11-5-1-2-6-11/h3-4,7-8,11H,1-2,5-6,9-10H2. The summed E-state index contributed by atoms with van der Waals surface area (Å²) in [5.41, 5.74) is 0.777. The lowest BCUT2D eigenvalue weighted by atomic mass is 10.1. The van der Waals surface area contributed by atoms with Gasteiger partial charge < -0.3 is 4.74 Å². The van der Waals surface area contributed by atoms with E-state index < -0.39 is 0 Å². The van der Waals surface area contributed by atoms with Crippen molar-refractivity contribution in [2.24, 2.45) is 5.92 Å². The lowest BCUT2D eigenvalue weighted by Gasteiger charge is -2.09.